The van der Waals surface area contributed by atoms with Crippen molar-refractivity contribution in [3.05, 3.63) is 71.7 Å². The number of hydrogen-bond acceptors (Lipinski definition) is 6. The van der Waals surface area contributed by atoms with Crippen LogP contribution in [-0.2, 0) is 16.1 Å². The van der Waals surface area contributed by atoms with Gasteiger partial charge in [0, 0.05) is 23.6 Å². The zero-order valence-electron chi connectivity index (χ0n) is 20.1. The minimum absolute atomic E-state index is 0.0221. The van der Waals surface area contributed by atoms with Gasteiger partial charge in [0.05, 0.1) is 44.9 Å². The number of nitrogens with one attached hydrogen (secondary N) is 1. The lowest BCUT2D eigenvalue weighted by molar-refractivity contribution is -0.124. The molecular weight excluding hydrogens is 430 g/mol. The minimum atomic E-state index is -0.757. The Labute approximate surface area is 199 Å². The first-order valence-electron chi connectivity index (χ1n) is 11.3. The third-order valence-electron chi connectivity index (χ3n) is 6.53. The molecule has 1 N–H and O–H groups in total. The summed E-state index contributed by atoms with van der Waals surface area (Å²) in [4.78, 5) is 13.7. The molecule has 0 saturated carbocycles. The highest BCUT2D eigenvalue weighted by Crippen LogP contribution is 2.50. The lowest BCUT2D eigenvalue weighted by atomic mass is 9.93. The molecule has 0 atom stereocenters. The Morgan fingerprint density at radius 3 is 2.50 bits per heavy atom. The van der Waals surface area contributed by atoms with Crippen molar-refractivity contribution in [2.75, 3.05) is 31.7 Å². The number of hydrogen-bond donors (Lipinski definition) is 1. The maximum atomic E-state index is 13.7. The number of nitrogens with zero attached hydrogens (tertiary/aromatic N) is 2. The number of allylic oxidation sites excluding steroid dienone is 4. The van der Waals surface area contributed by atoms with E-state index in [2.05, 4.69) is 11.4 Å². The number of hydrazine groups is 1. The van der Waals surface area contributed by atoms with Gasteiger partial charge in [-0.15, -0.1) is 0 Å². The van der Waals surface area contributed by atoms with Gasteiger partial charge >= 0.3 is 0 Å². The van der Waals surface area contributed by atoms with E-state index in [9.17, 15) is 4.79 Å². The van der Waals surface area contributed by atoms with Crippen molar-refractivity contribution in [1.29, 1.82) is 0 Å². The fourth-order valence-electron chi connectivity index (χ4n) is 4.83. The van der Waals surface area contributed by atoms with Crippen LogP contribution in [0.2, 0.25) is 0 Å². The summed E-state index contributed by atoms with van der Waals surface area (Å²) in [5.74, 6) is 2.23. The minimum Gasteiger partial charge on any atom is -0.499 e. The smallest absolute Gasteiger partial charge is 0.270 e. The number of rotatable bonds is 5. The monoisotopic (exact) mass is 459 g/mol. The van der Waals surface area contributed by atoms with Crippen LogP contribution in [0.15, 0.2) is 66.1 Å². The van der Waals surface area contributed by atoms with Crippen LogP contribution in [0.4, 0.5) is 11.4 Å². The molecule has 2 heterocycles. The highest BCUT2D eigenvalue weighted by Gasteiger charge is 2.47. The van der Waals surface area contributed by atoms with E-state index in [0.717, 1.165) is 45.3 Å². The van der Waals surface area contributed by atoms with Gasteiger partial charge in [-0.2, -0.15) is 0 Å². The fourth-order valence-corrected chi connectivity index (χ4v) is 4.83. The Balaban J connectivity index is 1.72. The Hall–Kier alpha value is -3.87. The summed E-state index contributed by atoms with van der Waals surface area (Å²) in [7, 11) is 4.97. The standard InChI is InChI=1S/C27H29N3O4/c1-27(2)26(31)30-25-20(16-29(30)22-9-7-6-8-10-23(22)33-4)18(13-14-21(25)28-27)19-12-11-17(32-3)15-24(19)34-5/h6-9,11-15,28H,10,16H2,1-5H3. The van der Waals surface area contributed by atoms with Crippen molar-refractivity contribution in [2.24, 2.45) is 0 Å². The van der Waals surface area contributed by atoms with Crippen LogP contribution in [0, 0.1) is 0 Å². The molecule has 0 radical (unpaired) electrons. The van der Waals surface area contributed by atoms with E-state index in [4.69, 9.17) is 14.2 Å². The van der Waals surface area contributed by atoms with Crippen LogP contribution in [-0.4, -0.2) is 37.8 Å². The third-order valence-corrected chi connectivity index (χ3v) is 6.53. The molecule has 7 nitrogen and oxygen atoms in total. The SMILES string of the molecule is COC1=C(N2Cc3c(-c4ccc(OC)cc4OC)ccc4c3N2C(=O)C(C)(C)N4)C=CC=CC1. The van der Waals surface area contributed by atoms with Gasteiger partial charge in [0.1, 0.15) is 22.8 Å². The number of carbonyl (C=O) groups is 1. The van der Waals surface area contributed by atoms with Crippen molar-refractivity contribution < 1.29 is 19.0 Å². The molecule has 0 spiro atoms. The summed E-state index contributed by atoms with van der Waals surface area (Å²) in [6, 6.07) is 9.93. The van der Waals surface area contributed by atoms with Crippen LogP contribution in [0.25, 0.3) is 11.1 Å². The molecule has 0 unspecified atom stereocenters. The molecule has 2 aromatic rings. The molecule has 5 rings (SSSR count). The average Bonchev–Trinajstić information content (AvgIpc) is 3.07. The Kier molecular flexibility index (Phi) is 5.27. The summed E-state index contributed by atoms with van der Waals surface area (Å²) in [5.41, 5.74) is 4.91. The number of amides is 1. The Morgan fingerprint density at radius 1 is 0.971 bits per heavy atom. The van der Waals surface area contributed by atoms with Crippen LogP contribution < -0.4 is 19.8 Å². The second-order valence-electron chi connectivity index (χ2n) is 8.98. The molecule has 7 heteroatoms. The van der Waals surface area contributed by atoms with E-state index in [1.54, 1.807) is 21.3 Å². The van der Waals surface area contributed by atoms with Crippen LogP contribution in [0.1, 0.15) is 25.8 Å². The van der Waals surface area contributed by atoms with E-state index in [1.807, 2.05) is 72.4 Å². The Bertz CT molecular complexity index is 1260. The second-order valence-corrected chi connectivity index (χ2v) is 8.98. The maximum Gasteiger partial charge on any atom is 0.270 e. The highest BCUT2D eigenvalue weighted by atomic mass is 16.5. The van der Waals surface area contributed by atoms with Crippen molar-refractivity contribution in [3.8, 4) is 22.6 Å². The van der Waals surface area contributed by atoms with E-state index in [1.165, 1.54) is 0 Å². The molecular formula is C27H29N3O4. The predicted molar refractivity (Wildman–Crippen MR) is 133 cm³/mol. The number of ether oxygens (including phenoxy) is 3. The fraction of sp³-hybridized carbons (Fsp3) is 0.296. The van der Waals surface area contributed by atoms with E-state index in [0.29, 0.717) is 18.7 Å². The molecule has 1 amide bonds. The molecule has 3 aliphatic rings. The molecule has 0 fully saturated rings. The third kappa shape index (κ3) is 3.31. The van der Waals surface area contributed by atoms with Gasteiger partial charge in [-0.3, -0.25) is 9.80 Å². The van der Waals surface area contributed by atoms with Gasteiger partial charge in [0.2, 0.25) is 0 Å². The van der Waals surface area contributed by atoms with Gasteiger partial charge in [0.15, 0.2) is 0 Å². The average molecular weight is 460 g/mol. The first kappa shape index (κ1) is 21.9. The summed E-state index contributed by atoms with van der Waals surface area (Å²) >= 11 is 0. The quantitative estimate of drug-likeness (QED) is 0.678. The van der Waals surface area contributed by atoms with Gasteiger partial charge < -0.3 is 19.5 Å². The topological polar surface area (TPSA) is 63.3 Å². The second kappa shape index (κ2) is 8.17. The van der Waals surface area contributed by atoms with Gasteiger partial charge in [-0.05, 0) is 43.7 Å². The molecule has 0 saturated heterocycles. The number of anilines is 2. The summed E-state index contributed by atoms with van der Waals surface area (Å²) in [5, 5.41) is 7.28. The first-order valence-corrected chi connectivity index (χ1v) is 11.3. The van der Waals surface area contributed by atoms with Gasteiger partial charge in [-0.25, -0.2) is 5.01 Å². The van der Waals surface area contributed by atoms with E-state index >= 15 is 0 Å². The Morgan fingerprint density at radius 2 is 1.76 bits per heavy atom. The summed E-state index contributed by atoms with van der Waals surface area (Å²) in [6.45, 7) is 4.33. The molecule has 2 aromatic carbocycles. The van der Waals surface area contributed by atoms with Gasteiger partial charge in [-0.1, -0.05) is 24.3 Å². The largest absolute Gasteiger partial charge is 0.499 e. The highest BCUT2D eigenvalue weighted by molar-refractivity contribution is 6.09. The molecule has 0 aromatic heterocycles. The normalized spacial score (nSPS) is 18.0. The molecule has 176 valence electrons. The van der Waals surface area contributed by atoms with Crippen LogP contribution in [0.5, 0.6) is 11.5 Å². The molecule has 34 heavy (non-hydrogen) atoms. The lowest BCUT2D eigenvalue weighted by Gasteiger charge is -2.42. The molecule has 0 bridgehead atoms. The molecule has 2 aliphatic heterocycles. The van der Waals surface area contributed by atoms with Crippen molar-refractivity contribution in [1.82, 2.24) is 5.01 Å². The maximum absolute atomic E-state index is 13.7. The van der Waals surface area contributed by atoms with Crippen LogP contribution >= 0.6 is 0 Å². The van der Waals surface area contributed by atoms with Crippen molar-refractivity contribution in [3.63, 3.8) is 0 Å². The van der Waals surface area contributed by atoms with Gasteiger partial charge in [0.25, 0.3) is 5.91 Å². The molecule has 1 aliphatic carbocycles. The number of methoxy groups -OCH3 is 3. The number of carbonyl (C=O) groups excluding carboxylic acids is 1. The summed E-state index contributed by atoms with van der Waals surface area (Å²) in [6.07, 6.45) is 8.69. The van der Waals surface area contributed by atoms with E-state index in [-0.39, 0.29) is 5.91 Å². The zero-order chi connectivity index (χ0) is 24.0. The predicted octanol–water partition coefficient (Wildman–Crippen LogP) is 5.01. The zero-order valence-corrected chi connectivity index (χ0v) is 20.1. The van der Waals surface area contributed by atoms with Crippen molar-refractivity contribution in [2.45, 2.75) is 32.4 Å². The van der Waals surface area contributed by atoms with Crippen molar-refractivity contribution >= 4 is 17.3 Å². The first-order chi connectivity index (χ1) is 16.4. The summed E-state index contributed by atoms with van der Waals surface area (Å²) < 4.78 is 16.8. The van der Waals surface area contributed by atoms with E-state index < -0.39 is 5.54 Å². The van der Waals surface area contributed by atoms with Crippen LogP contribution in [0.3, 0.4) is 0 Å². The number of benzene rings is 2. The lowest BCUT2D eigenvalue weighted by Crippen LogP contribution is -2.57.